The van der Waals surface area contributed by atoms with E-state index in [9.17, 15) is 13.2 Å². The van der Waals surface area contributed by atoms with Gasteiger partial charge in [-0.15, -0.1) is 0 Å². The molecule has 3 fully saturated rings. The molecule has 2 bridgehead atoms. The molecule has 0 aromatic heterocycles. The lowest BCUT2D eigenvalue weighted by Gasteiger charge is -2.36. The van der Waals surface area contributed by atoms with Gasteiger partial charge in [-0.3, -0.25) is 0 Å². The molecule has 21 heavy (non-hydrogen) atoms. The molecule has 3 atom stereocenters. The predicted molar refractivity (Wildman–Crippen MR) is 78.3 cm³/mol. The number of rotatable bonds is 1. The summed E-state index contributed by atoms with van der Waals surface area (Å²) in [5.74, 6) is 0.960. The summed E-state index contributed by atoms with van der Waals surface area (Å²) in [4.78, 5) is 0. The van der Waals surface area contributed by atoms with E-state index in [-0.39, 0.29) is 7.43 Å². The Morgan fingerprint density at radius 2 is 1.71 bits per heavy atom. The van der Waals surface area contributed by atoms with Gasteiger partial charge < -0.3 is 5.32 Å². The van der Waals surface area contributed by atoms with E-state index in [1.54, 1.807) is 18.2 Å². The summed E-state index contributed by atoms with van der Waals surface area (Å²) in [7, 11) is 0. The van der Waals surface area contributed by atoms with Crippen molar-refractivity contribution in [2.24, 2.45) is 5.92 Å². The van der Waals surface area contributed by atoms with Crippen molar-refractivity contribution in [1.82, 2.24) is 5.32 Å². The Bertz CT molecular complexity index is 663. The molecular formula is C17H18F3N. The first-order valence-electron chi connectivity index (χ1n) is 6.88. The Hall–Kier alpha value is -1.55. The summed E-state index contributed by atoms with van der Waals surface area (Å²) in [5.41, 5.74) is 0.538. The van der Waals surface area contributed by atoms with Crippen LogP contribution in [0.2, 0.25) is 0 Å². The van der Waals surface area contributed by atoms with Crippen LogP contribution in [0.1, 0.15) is 30.9 Å². The Labute approximate surface area is 122 Å². The SMILES string of the molecule is C.FC(F)(F)c1ccc(C2C3CNC2C3)c2ccccc12. The second-order valence-electron chi connectivity index (χ2n) is 5.78. The maximum absolute atomic E-state index is 13.1. The third kappa shape index (κ3) is 2.04. The van der Waals surface area contributed by atoms with Gasteiger partial charge in [0.1, 0.15) is 0 Å². The Balaban J connectivity index is 0.00000132. The van der Waals surface area contributed by atoms with Crippen molar-refractivity contribution in [3.63, 3.8) is 0 Å². The fourth-order valence-electron chi connectivity index (χ4n) is 3.81. The molecule has 2 heterocycles. The summed E-state index contributed by atoms with van der Waals surface area (Å²) in [6, 6.07) is 10.3. The standard InChI is InChI=1S/C16H14F3N.CH4/c17-16(18,19)13-6-5-12(10-3-1-2-4-11(10)13)15-9-7-14(15)20-8-9;/h1-6,9,14-15,20H,7-8H2;1H4. The van der Waals surface area contributed by atoms with Crippen molar-refractivity contribution in [2.45, 2.75) is 32.0 Å². The molecule has 0 spiro atoms. The van der Waals surface area contributed by atoms with Crippen LogP contribution in [0.4, 0.5) is 13.2 Å². The van der Waals surface area contributed by atoms with Gasteiger partial charge in [-0.2, -0.15) is 13.2 Å². The second kappa shape index (κ2) is 4.73. The first kappa shape index (κ1) is 14.4. The maximum atomic E-state index is 13.1. The monoisotopic (exact) mass is 293 g/mol. The largest absolute Gasteiger partial charge is 0.417 e. The van der Waals surface area contributed by atoms with E-state index in [4.69, 9.17) is 0 Å². The van der Waals surface area contributed by atoms with E-state index >= 15 is 0 Å². The summed E-state index contributed by atoms with van der Waals surface area (Å²) in [5, 5.41) is 4.51. The van der Waals surface area contributed by atoms with Gasteiger partial charge in [0.2, 0.25) is 0 Å². The zero-order valence-electron chi connectivity index (χ0n) is 10.7. The molecule has 3 aliphatic rings. The van der Waals surface area contributed by atoms with E-state index in [0.717, 1.165) is 23.9 Å². The van der Waals surface area contributed by atoms with E-state index in [1.807, 2.05) is 12.1 Å². The molecule has 2 aromatic rings. The van der Waals surface area contributed by atoms with Crippen LogP contribution in [0.3, 0.4) is 0 Å². The van der Waals surface area contributed by atoms with Crippen molar-refractivity contribution < 1.29 is 13.2 Å². The summed E-state index contributed by atoms with van der Waals surface area (Å²) in [6.07, 6.45) is -3.14. The first-order valence-corrected chi connectivity index (χ1v) is 6.88. The highest BCUT2D eigenvalue weighted by Crippen LogP contribution is 2.49. The minimum Gasteiger partial charge on any atom is -0.313 e. The highest BCUT2D eigenvalue weighted by atomic mass is 19.4. The van der Waals surface area contributed by atoms with Crippen LogP contribution in [0, 0.1) is 5.92 Å². The van der Waals surface area contributed by atoms with Crippen molar-refractivity contribution in [3.05, 3.63) is 47.5 Å². The number of halogens is 3. The van der Waals surface area contributed by atoms with Gasteiger partial charge in [-0.1, -0.05) is 37.8 Å². The molecule has 4 heteroatoms. The second-order valence-corrected chi connectivity index (χ2v) is 5.78. The van der Waals surface area contributed by atoms with Crippen LogP contribution in [-0.2, 0) is 6.18 Å². The van der Waals surface area contributed by atoms with Crippen LogP contribution in [0.15, 0.2) is 36.4 Å². The minimum absolute atomic E-state index is 0. The molecule has 3 unspecified atom stereocenters. The highest BCUT2D eigenvalue weighted by molar-refractivity contribution is 5.90. The summed E-state index contributed by atoms with van der Waals surface area (Å²) >= 11 is 0. The van der Waals surface area contributed by atoms with Crippen LogP contribution >= 0.6 is 0 Å². The zero-order chi connectivity index (χ0) is 13.9. The van der Waals surface area contributed by atoms with Crippen molar-refractivity contribution in [1.29, 1.82) is 0 Å². The topological polar surface area (TPSA) is 12.0 Å². The van der Waals surface area contributed by atoms with Crippen LogP contribution in [0.5, 0.6) is 0 Å². The molecule has 2 saturated heterocycles. The molecule has 1 nitrogen and oxygen atoms in total. The lowest BCUT2D eigenvalue weighted by atomic mass is 9.69. The summed E-state index contributed by atoms with van der Waals surface area (Å²) < 4.78 is 39.3. The van der Waals surface area contributed by atoms with Crippen LogP contribution in [-0.4, -0.2) is 12.6 Å². The van der Waals surface area contributed by atoms with Gasteiger partial charge in [0.25, 0.3) is 0 Å². The fourth-order valence-corrected chi connectivity index (χ4v) is 3.81. The molecular weight excluding hydrogens is 275 g/mol. The Morgan fingerprint density at radius 3 is 2.29 bits per heavy atom. The predicted octanol–water partition coefficient (Wildman–Crippen LogP) is 4.57. The Morgan fingerprint density at radius 1 is 1.00 bits per heavy atom. The number of alkyl halides is 3. The lowest BCUT2D eigenvalue weighted by Crippen LogP contribution is -2.34. The third-order valence-electron chi connectivity index (χ3n) is 4.76. The van der Waals surface area contributed by atoms with Gasteiger partial charge in [0.05, 0.1) is 5.56 Å². The van der Waals surface area contributed by atoms with E-state index < -0.39 is 11.7 Å². The van der Waals surface area contributed by atoms with Gasteiger partial charge in [0.15, 0.2) is 0 Å². The molecule has 1 aliphatic carbocycles. The van der Waals surface area contributed by atoms with E-state index in [2.05, 4.69) is 5.32 Å². The molecule has 2 aromatic carbocycles. The minimum atomic E-state index is -4.30. The number of hydrogen-bond acceptors (Lipinski definition) is 1. The van der Waals surface area contributed by atoms with Crippen molar-refractivity contribution in [2.75, 3.05) is 6.54 Å². The van der Waals surface area contributed by atoms with Crippen LogP contribution < -0.4 is 5.32 Å². The zero-order valence-corrected chi connectivity index (χ0v) is 10.7. The molecule has 5 rings (SSSR count). The average molecular weight is 293 g/mol. The molecule has 112 valence electrons. The molecule has 1 saturated carbocycles. The molecule has 0 radical (unpaired) electrons. The van der Waals surface area contributed by atoms with E-state index in [0.29, 0.717) is 23.3 Å². The van der Waals surface area contributed by atoms with Gasteiger partial charge in [-0.25, -0.2) is 0 Å². The number of fused-ring (bicyclic) bond motifs is 2. The quantitative estimate of drug-likeness (QED) is 0.812. The van der Waals surface area contributed by atoms with Gasteiger partial charge in [-0.05, 0) is 41.3 Å². The normalized spacial score (nSPS) is 27.3. The Kier molecular flexibility index (Phi) is 3.24. The highest BCUT2D eigenvalue weighted by Gasteiger charge is 2.48. The molecule has 0 amide bonds. The smallest absolute Gasteiger partial charge is 0.313 e. The van der Waals surface area contributed by atoms with Crippen LogP contribution in [0.25, 0.3) is 10.8 Å². The number of benzene rings is 2. The molecule has 2 aliphatic heterocycles. The average Bonchev–Trinajstić information content (AvgIpc) is 3.01. The third-order valence-corrected chi connectivity index (χ3v) is 4.76. The number of nitrogens with one attached hydrogen (secondary N) is 1. The van der Waals surface area contributed by atoms with Gasteiger partial charge in [0, 0.05) is 12.0 Å². The molecule has 1 N–H and O–H groups in total. The van der Waals surface area contributed by atoms with Crippen molar-refractivity contribution >= 4 is 10.8 Å². The summed E-state index contributed by atoms with van der Waals surface area (Å²) in [6.45, 7) is 0.991. The van der Waals surface area contributed by atoms with Gasteiger partial charge >= 0.3 is 6.18 Å². The maximum Gasteiger partial charge on any atom is 0.417 e. The number of hydrogen-bond donors (Lipinski definition) is 1. The fraction of sp³-hybridized carbons (Fsp3) is 0.412. The van der Waals surface area contributed by atoms with E-state index in [1.165, 1.54) is 6.07 Å². The van der Waals surface area contributed by atoms with Crippen molar-refractivity contribution in [3.8, 4) is 0 Å². The lowest BCUT2D eigenvalue weighted by molar-refractivity contribution is -0.136. The first-order chi connectivity index (χ1) is 9.55.